The van der Waals surface area contributed by atoms with Gasteiger partial charge >= 0.3 is 6.09 Å². The fourth-order valence-electron chi connectivity index (χ4n) is 2.56. The highest BCUT2D eigenvalue weighted by molar-refractivity contribution is 5.68. The average Bonchev–Trinajstić information content (AvgIpc) is 3.00. The van der Waals surface area contributed by atoms with Crippen LogP contribution >= 0.6 is 0 Å². The second kappa shape index (κ2) is 7.84. The van der Waals surface area contributed by atoms with Gasteiger partial charge in [-0.25, -0.2) is 4.79 Å². The zero-order valence-corrected chi connectivity index (χ0v) is 14.7. The molecule has 1 atom stereocenters. The molecule has 1 aromatic rings. The summed E-state index contributed by atoms with van der Waals surface area (Å²) >= 11 is 0. The monoisotopic (exact) mass is 323 g/mol. The van der Waals surface area contributed by atoms with E-state index in [1.165, 1.54) is 0 Å². The lowest BCUT2D eigenvalue weighted by atomic mass is 10.2. The molecule has 2 rings (SSSR count). The van der Waals surface area contributed by atoms with E-state index in [2.05, 4.69) is 17.1 Å². The number of nitrogens with zero attached hydrogens (tertiary/aromatic N) is 2. The van der Waals surface area contributed by atoms with Crippen molar-refractivity contribution in [3.8, 4) is 0 Å². The summed E-state index contributed by atoms with van der Waals surface area (Å²) in [4.78, 5) is 16.2. The minimum Gasteiger partial charge on any atom is -0.468 e. The Balaban J connectivity index is 1.64. The van der Waals surface area contributed by atoms with Crippen LogP contribution in [0.15, 0.2) is 22.8 Å². The summed E-state index contributed by atoms with van der Waals surface area (Å²) in [5.74, 6) is 0.958. The maximum absolute atomic E-state index is 12.0. The largest absolute Gasteiger partial charge is 0.468 e. The Bertz CT molecular complexity index is 474. The summed E-state index contributed by atoms with van der Waals surface area (Å²) in [5.41, 5.74) is -0.430. The molecule has 1 aromatic heterocycles. The second-order valence-electron chi connectivity index (χ2n) is 7.00. The maximum Gasteiger partial charge on any atom is 0.410 e. The predicted octanol–water partition coefficient (Wildman–Crippen LogP) is 2.48. The van der Waals surface area contributed by atoms with E-state index >= 15 is 0 Å². The zero-order valence-electron chi connectivity index (χ0n) is 14.7. The van der Waals surface area contributed by atoms with Gasteiger partial charge in [-0.05, 0) is 39.8 Å². The van der Waals surface area contributed by atoms with E-state index < -0.39 is 5.60 Å². The van der Waals surface area contributed by atoms with Gasteiger partial charge in [0.15, 0.2) is 0 Å². The summed E-state index contributed by atoms with van der Waals surface area (Å²) < 4.78 is 10.8. The minimum absolute atomic E-state index is 0.207. The number of amides is 1. The highest BCUT2D eigenvalue weighted by Crippen LogP contribution is 2.13. The van der Waals surface area contributed by atoms with Gasteiger partial charge in [-0.3, -0.25) is 4.90 Å². The van der Waals surface area contributed by atoms with Gasteiger partial charge in [-0.15, -0.1) is 0 Å². The van der Waals surface area contributed by atoms with Crippen molar-refractivity contribution >= 4 is 6.09 Å². The number of rotatable bonds is 5. The van der Waals surface area contributed by atoms with Crippen molar-refractivity contribution in [1.29, 1.82) is 0 Å². The van der Waals surface area contributed by atoms with E-state index in [0.717, 1.165) is 45.0 Å². The quantitative estimate of drug-likeness (QED) is 0.902. The highest BCUT2D eigenvalue weighted by Gasteiger charge is 2.25. The van der Waals surface area contributed by atoms with Gasteiger partial charge in [0.25, 0.3) is 0 Å². The third-order valence-electron chi connectivity index (χ3n) is 3.87. The molecule has 0 bridgehead atoms. The van der Waals surface area contributed by atoms with Crippen LogP contribution in [0.2, 0.25) is 0 Å². The van der Waals surface area contributed by atoms with Crippen molar-refractivity contribution in [1.82, 2.24) is 15.1 Å². The molecule has 0 spiro atoms. The molecule has 1 unspecified atom stereocenters. The van der Waals surface area contributed by atoms with Crippen molar-refractivity contribution in [3.05, 3.63) is 24.2 Å². The minimum atomic E-state index is -0.430. The molecule has 1 amide bonds. The SMILES string of the molecule is CC(NCCN1CCN(C(=O)OC(C)(C)C)CC1)c1ccco1. The van der Waals surface area contributed by atoms with Crippen LogP contribution in [0.3, 0.4) is 0 Å². The topological polar surface area (TPSA) is 58.0 Å². The van der Waals surface area contributed by atoms with Crippen LogP contribution < -0.4 is 5.32 Å². The zero-order chi connectivity index (χ0) is 16.9. The molecular formula is C17H29N3O3. The molecule has 1 aliphatic heterocycles. The molecule has 1 aliphatic rings. The standard InChI is InChI=1S/C17H29N3O3/c1-14(15-6-5-13-22-15)18-7-8-19-9-11-20(12-10-19)16(21)23-17(2,3)4/h5-6,13-14,18H,7-12H2,1-4H3. The summed E-state index contributed by atoms with van der Waals surface area (Å²) in [7, 11) is 0. The van der Waals surface area contributed by atoms with Crippen molar-refractivity contribution in [2.24, 2.45) is 0 Å². The Kier molecular flexibility index (Phi) is 6.07. The molecule has 1 saturated heterocycles. The van der Waals surface area contributed by atoms with Crippen LogP contribution in [0.5, 0.6) is 0 Å². The van der Waals surface area contributed by atoms with Gasteiger partial charge in [-0.2, -0.15) is 0 Å². The van der Waals surface area contributed by atoms with Crippen LogP contribution in [-0.2, 0) is 4.74 Å². The van der Waals surface area contributed by atoms with E-state index in [1.54, 1.807) is 11.2 Å². The Hall–Kier alpha value is -1.53. The van der Waals surface area contributed by atoms with Crippen LogP contribution in [0.25, 0.3) is 0 Å². The number of nitrogens with one attached hydrogen (secondary N) is 1. The summed E-state index contributed by atoms with van der Waals surface area (Å²) in [5, 5.41) is 3.46. The highest BCUT2D eigenvalue weighted by atomic mass is 16.6. The summed E-state index contributed by atoms with van der Waals surface area (Å²) in [6, 6.07) is 4.11. The molecule has 6 nitrogen and oxygen atoms in total. The van der Waals surface area contributed by atoms with E-state index in [-0.39, 0.29) is 12.1 Å². The smallest absolute Gasteiger partial charge is 0.410 e. The van der Waals surface area contributed by atoms with Crippen LogP contribution in [-0.4, -0.2) is 60.8 Å². The van der Waals surface area contributed by atoms with Crippen molar-refractivity contribution in [2.75, 3.05) is 39.3 Å². The third-order valence-corrected chi connectivity index (χ3v) is 3.87. The van der Waals surface area contributed by atoms with Crippen molar-refractivity contribution in [3.63, 3.8) is 0 Å². The first kappa shape index (κ1) is 17.8. The van der Waals surface area contributed by atoms with Gasteiger partial charge in [0.1, 0.15) is 11.4 Å². The molecular weight excluding hydrogens is 294 g/mol. The molecule has 23 heavy (non-hydrogen) atoms. The predicted molar refractivity (Wildman–Crippen MR) is 89.4 cm³/mol. The molecule has 1 fully saturated rings. The lowest BCUT2D eigenvalue weighted by Crippen LogP contribution is -2.51. The molecule has 0 radical (unpaired) electrons. The molecule has 0 saturated carbocycles. The Morgan fingerprint density at radius 3 is 2.61 bits per heavy atom. The maximum atomic E-state index is 12.0. The van der Waals surface area contributed by atoms with Gasteiger partial charge < -0.3 is 19.4 Å². The molecule has 130 valence electrons. The van der Waals surface area contributed by atoms with E-state index in [1.807, 2.05) is 32.9 Å². The normalized spacial score (nSPS) is 18.0. The Labute approximate surface area is 138 Å². The van der Waals surface area contributed by atoms with Gasteiger partial charge in [0.05, 0.1) is 12.3 Å². The van der Waals surface area contributed by atoms with Gasteiger partial charge in [0.2, 0.25) is 0 Å². The first-order valence-corrected chi connectivity index (χ1v) is 8.32. The number of ether oxygens (including phenoxy) is 1. The average molecular weight is 323 g/mol. The van der Waals surface area contributed by atoms with Gasteiger partial charge in [0, 0.05) is 39.3 Å². The van der Waals surface area contributed by atoms with Crippen molar-refractivity contribution in [2.45, 2.75) is 39.3 Å². The van der Waals surface area contributed by atoms with E-state index in [9.17, 15) is 4.79 Å². The third kappa shape index (κ3) is 5.88. The fourth-order valence-corrected chi connectivity index (χ4v) is 2.56. The van der Waals surface area contributed by atoms with Crippen LogP contribution in [0.1, 0.15) is 39.5 Å². The second-order valence-corrected chi connectivity index (χ2v) is 7.00. The molecule has 0 aliphatic carbocycles. The first-order valence-electron chi connectivity index (χ1n) is 8.32. The number of hydrogen-bond donors (Lipinski definition) is 1. The Morgan fingerprint density at radius 1 is 1.35 bits per heavy atom. The van der Waals surface area contributed by atoms with Gasteiger partial charge in [-0.1, -0.05) is 0 Å². The van der Waals surface area contributed by atoms with E-state index in [4.69, 9.17) is 9.15 Å². The summed E-state index contributed by atoms with van der Waals surface area (Å²) in [6.45, 7) is 12.9. The lowest BCUT2D eigenvalue weighted by Gasteiger charge is -2.35. The van der Waals surface area contributed by atoms with Crippen LogP contribution in [0.4, 0.5) is 4.79 Å². The number of hydrogen-bond acceptors (Lipinski definition) is 5. The fraction of sp³-hybridized carbons (Fsp3) is 0.706. The molecule has 6 heteroatoms. The number of piperazine rings is 1. The number of carbonyl (C=O) groups is 1. The molecule has 2 heterocycles. The number of furan rings is 1. The summed E-state index contributed by atoms with van der Waals surface area (Å²) in [6.07, 6.45) is 1.49. The van der Waals surface area contributed by atoms with E-state index in [0.29, 0.717) is 0 Å². The molecule has 0 aromatic carbocycles. The lowest BCUT2D eigenvalue weighted by molar-refractivity contribution is 0.0146. The molecule has 1 N–H and O–H groups in total. The van der Waals surface area contributed by atoms with Crippen molar-refractivity contribution < 1.29 is 13.9 Å². The van der Waals surface area contributed by atoms with Crippen LogP contribution in [0, 0.1) is 0 Å². The first-order chi connectivity index (χ1) is 10.8. The number of carbonyl (C=O) groups excluding carboxylic acids is 1. The Morgan fingerprint density at radius 2 is 2.04 bits per heavy atom.